The summed E-state index contributed by atoms with van der Waals surface area (Å²) in [4.78, 5) is 22.0. The molecule has 5 nitrogen and oxygen atoms in total. The van der Waals surface area contributed by atoms with Crippen LogP contribution in [0.15, 0.2) is 22.7 Å². The van der Waals surface area contributed by atoms with Crippen molar-refractivity contribution in [2.45, 2.75) is 32.1 Å². The van der Waals surface area contributed by atoms with E-state index in [2.05, 4.69) is 26.6 Å². The highest BCUT2D eigenvalue weighted by Gasteiger charge is 2.05. The van der Waals surface area contributed by atoms with Crippen LogP contribution < -0.4 is 10.6 Å². The number of rotatable bonds is 8. The lowest BCUT2D eigenvalue weighted by Crippen LogP contribution is -2.29. The van der Waals surface area contributed by atoms with E-state index in [-0.39, 0.29) is 12.5 Å². The Labute approximate surface area is 137 Å². The van der Waals surface area contributed by atoms with Crippen molar-refractivity contribution in [1.82, 2.24) is 5.32 Å². The van der Waals surface area contributed by atoms with Gasteiger partial charge in [-0.2, -0.15) is 0 Å². The highest BCUT2D eigenvalue weighted by Crippen LogP contribution is 2.25. The van der Waals surface area contributed by atoms with Crippen molar-refractivity contribution in [2.24, 2.45) is 0 Å². The Morgan fingerprint density at radius 1 is 1.19 bits per heavy atom. The summed E-state index contributed by atoms with van der Waals surface area (Å²) < 4.78 is 0.721. The summed E-state index contributed by atoms with van der Waals surface area (Å²) in [6.45, 7) is 0.560. The number of carboxylic acids is 1. The first-order valence-electron chi connectivity index (χ1n) is 6.70. The van der Waals surface area contributed by atoms with Gasteiger partial charge in [0, 0.05) is 22.5 Å². The third-order valence-electron chi connectivity index (χ3n) is 2.78. The van der Waals surface area contributed by atoms with Gasteiger partial charge in [-0.15, -0.1) is 0 Å². The third kappa shape index (κ3) is 7.92. The molecule has 2 amide bonds. The molecule has 1 aromatic rings. The standard InChI is InChI=1S/C14H18BrClN2O3/c15-11-9-10(16)6-7-12(11)18-14(21)17-8-4-2-1-3-5-13(19)20/h6-7,9H,1-5,8H2,(H,19,20)(H2,17,18,21). The smallest absolute Gasteiger partial charge is 0.319 e. The van der Waals surface area contributed by atoms with Crippen LogP contribution in [0.3, 0.4) is 0 Å². The van der Waals surface area contributed by atoms with E-state index in [1.807, 2.05) is 0 Å². The molecule has 116 valence electrons. The molecule has 0 bridgehead atoms. The van der Waals surface area contributed by atoms with Crippen LogP contribution in [0.4, 0.5) is 10.5 Å². The molecule has 0 unspecified atom stereocenters. The maximum absolute atomic E-state index is 11.7. The maximum atomic E-state index is 11.7. The summed E-state index contributed by atoms with van der Waals surface area (Å²) in [6, 6.07) is 4.85. The number of benzene rings is 1. The molecule has 0 aliphatic rings. The Balaban J connectivity index is 2.15. The number of hydrogen-bond acceptors (Lipinski definition) is 2. The Hall–Kier alpha value is -1.27. The first kappa shape index (κ1) is 17.8. The van der Waals surface area contributed by atoms with Gasteiger partial charge in [0.2, 0.25) is 0 Å². The first-order chi connectivity index (χ1) is 9.99. The van der Waals surface area contributed by atoms with E-state index in [1.54, 1.807) is 18.2 Å². The van der Waals surface area contributed by atoms with Crippen LogP contribution in [0.2, 0.25) is 5.02 Å². The molecule has 0 aliphatic heterocycles. The molecule has 21 heavy (non-hydrogen) atoms. The summed E-state index contributed by atoms with van der Waals surface area (Å²) in [5.74, 6) is -0.763. The summed E-state index contributed by atoms with van der Waals surface area (Å²) in [5.41, 5.74) is 0.651. The van der Waals surface area contributed by atoms with Crippen molar-refractivity contribution in [3.8, 4) is 0 Å². The fourth-order valence-corrected chi connectivity index (χ4v) is 2.50. The van der Waals surface area contributed by atoms with E-state index in [4.69, 9.17) is 16.7 Å². The Kier molecular flexibility index (Phi) is 8.15. The van der Waals surface area contributed by atoms with E-state index >= 15 is 0 Å². The number of unbranched alkanes of at least 4 members (excludes halogenated alkanes) is 3. The van der Waals surface area contributed by atoms with E-state index in [1.165, 1.54) is 0 Å². The highest BCUT2D eigenvalue weighted by atomic mass is 79.9. The van der Waals surface area contributed by atoms with E-state index in [0.717, 1.165) is 23.7 Å². The fraction of sp³-hybridized carbons (Fsp3) is 0.429. The molecular formula is C14H18BrClN2O3. The minimum absolute atomic E-state index is 0.207. The number of nitrogens with one attached hydrogen (secondary N) is 2. The average molecular weight is 378 g/mol. The fourth-order valence-electron chi connectivity index (χ4n) is 1.71. The number of aliphatic carboxylic acids is 1. The normalized spacial score (nSPS) is 10.2. The molecule has 0 saturated heterocycles. The van der Waals surface area contributed by atoms with Gasteiger partial charge >= 0.3 is 12.0 Å². The largest absolute Gasteiger partial charge is 0.481 e. The molecule has 0 radical (unpaired) electrons. The Morgan fingerprint density at radius 2 is 1.90 bits per heavy atom. The second-order valence-corrected chi connectivity index (χ2v) is 5.85. The monoisotopic (exact) mass is 376 g/mol. The van der Waals surface area contributed by atoms with Gasteiger partial charge in [-0.1, -0.05) is 24.4 Å². The van der Waals surface area contributed by atoms with Crippen LogP contribution in [0.1, 0.15) is 32.1 Å². The van der Waals surface area contributed by atoms with Crippen LogP contribution in [0.25, 0.3) is 0 Å². The van der Waals surface area contributed by atoms with Gasteiger partial charge in [-0.3, -0.25) is 4.79 Å². The van der Waals surface area contributed by atoms with Gasteiger partial charge in [-0.05, 0) is 47.0 Å². The maximum Gasteiger partial charge on any atom is 0.319 e. The molecule has 0 heterocycles. The van der Waals surface area contributed by atoms with Crippen LogP contribution in [-0.2, 0) is 4.79 Å². The van der Waals surface area contributed by atoms with Crippen molar-refractivity contribution >= 4 is 45.2 Å². The van der Waals surface area contributed by atoms with Crippen LogP contribution in [0.5, 0.6) is 0 Å². The zero-order chi connectivity index (χ0) is 15.7. The molecule has 7 heteroatoms. The quantitative estimate of drug-likeness (QED) is 0.592. The summed E-state index contributed by atoms with van der Waals surface area (Å²) >= 11 is 9.14. The second kappa shape index (κ2) is 9.63. The zero-order valence-electron chi connectivity index (χ0n) is 11.5. The van der Waals surface area contributed by atoms with Crippen LogP contribution in [0, 0.1) is 0 Å². The van der Waals surface area contributed by atoms with E-state index in [0.29, 0.717) is 23.7 Å². The number of hydrogen-bond donors (Lipinski definition) is 3. The SMILES string of the molecule is O=C(O)CCCCCCNC(=O)Nc1ccc(Cl)cc1Br. The lowest BCUT2D eigenvalue weighted by Gasteiger charge is -2.09. The molecule has 3 N–H and O–H groups in total. The van der Waals surface area contributed by atoms with Crippen LogP contribution in [-0.4, -0.2) is 23.7 Å². The van der Waals surface area contributed by atoms with Crippen molar-refractivity contribution in [1.29, 1.82) is 0 Å². The number of urea groups is 1. The first-order valence-corrected chi connectivity index (χ1v) is 7.88. The van der Waals surface area contributed by atoms with Crippen LogP contribution >= 0.6 is 27.5 Å². The molecule has 0 saturated carbocycles. The van der Waals surface area contributed by atoms with Crippen molar-refractivity contribution in [3.63, 3.8) is 0 Å². The van der Waals surface area contributed by atoms with Crippen molar-refractivity contribution < 1.29 is 14.7 Å². The number of halogens is 2. The number of carbonyl (C=O) groups is 2. The Bertz CT molecular complexity index is 497. The van der Waals surface area contributed by atoms with E-state index in [9.17, 15) is 9.59 Å². The highest BCUT2D eigenvalue weighted by molar-refractivity contribution is 9.10. The second-order valence-electron chi connectivity index (χ2n) is 4.56. The summed E-state index contributed by atoms with van der Waals surface area (Å²) in [5, 5.41) is 14.6. The van der Waals surface area contributed by atoms with Gasteiger partial charge in [0.05, 0.1) is 5.69 Å². The van der Waals surface area contributed by atoms with Gasteiger partial charge in [-0.25, -0.2) is 4.79 Å². The zero-order valence-corrected chi connectivity index (χ0v) is 13.8. The number of anilines is 1. The summed E-state index contributed by atoms with van der Waals surface area (Å²) in [6.07, 6.45) is 3.48. The summed E-state index contributed by atoms with van der Waals surface area (Å²) in [7, 11) is 0. The molecule has 0 aromatic heterocycles. The molecule has 0 aliphatic carbocycles. The Morgan fingerprint density at radius 3 is 2.57 bits per heavy atom. The molecule has 1 rings (SSSR count). The lowest BCUT2D eigenvalue weighted by atomic mass is 10.1. The molecular weight excluding hydrogens is 360 g/mol. The van der Waals surface area contributed by atoms with Gasteiger partial charge in [0.15, 0.2) is 0 Å². The number of carboxylic acid groups (broad SMARTS) is 1. The number of amides is 2. The third-order valence-corrected chi connectivity index (χ3v) is 3.67. The number of carbonyl (C=O) groups excluding carboxylic acids is 1. The topological polar surface area (TPSA) is 78.4 Å². The van der Waals surface area contributed by atoms with Crippen molar-refractivity contribution in [3.05, 3.63) is 27.7 Å². The van der Waals surface area contributed by atoms with E-state index < -0.39 is 5.97 Å². The molecule has 1 aromatic carbocycles. The van der Waals surface area contributed by atoms with Gasteiger partial charge in [0.25, 0.3) is 0 Å². The minimum Gasteiger partial charge on any atom is -0.481 e. The van der Waals surface area contributed by atoms with Gasteiger partial charge in [0.1, 0.15) is 0 Å². The van der Waals surface area contributed by atoms with Crippen molar-refractivity contribution in [2.75, 3.05) is 11.9 Å². The lowest BCUT2D eigenvalue weighted by molar-refractivity contribution is -0.137. The molecule has 0 spiro atoms. The predicted octanol–water partition coefficient (Wildman–Crippen LogP) is 4.26. The molecule has 0 atom stereocenters. The minimum atomic E-state index is -0.763. The molecule has 0 fully saturated rings. The predicted molar refractivity (Wildman–Crippen MR) is 86.9 cm³/mol. The average Bonchev–Trinajstić information content (AvgIpc) is 2.40. The van der Waals surface area contributed by atoms with Gasteiger partial charge < -0.3 is 15.7 Å².